The Morgan fingerprint density at radius 2 is 1.44 bits per heavy atom. The smallest absolute Gasteiger partial charge is 0.326 e. The van der Waals surface area contributed by atoms with Crippen molar-refractivity contribution in [3.8, 4) is 0 Å². The number of hydrogen-bond acceptors (Lipinski definition) is 7. The Balaban J connectivity index is 5.32. The van der Waals surface area contributed by atoms with Gasteiger partial charge in [0, 0.05) is 0 Å². The molecule has 32 heavy (non-hydrogen) atoms. The molecule has 0 radical (unpaired) electrons. The van der Waals surface area contributed by atoms with E-state index >= 15 is 0 Å². The minimum Gasteiger partial charge on any atom is -0.480 e. The minimum absolute atomic E-state index is 0.0966. The molecule has 11 heteroatoms. The largest absolute Gasteiger partial charge is 0.480 e. The van der Waals surface area contributed by atoms with Crippen LogP contribution >= 0.6 is 11.8 Å². The van der Waals surface area contributed by atoms with Crippen molar-refractivity contribution in [1.29, 1.82) is 0 Å². The second-order valence-corrected chi connectivity index (χ2v) is 9.51. The Kier molecular flexibility index (Phi) is 15.0. The van der Waals surface area contributed by atoms with E-state index in [1.807, 2.05) is 20.1 Å². The van der Waals surface area contributed by atoms with Crippen molar-refractivity contribution < 1.29 is 24.3 Å². The first kappa shape index (κ1) is 30.1. The molecule has 4 unspecified atom stereocenters. The van der Waals surface area contributed by atoms with E-state index in [-0.39, 0.29) is 18.3 Å². The van der Waals surface area contributed by atoms with Gasteiger partial charge in [0.2, 0.25) is 17.7 Å². The molecule has 0 aliphatic carbocycles. The molecule has 3 amide bonds. The van der Waals surface area contributed by atoms with Crippen molar-refractivity contribution in [2.75, 3.05) is 18.6 Å². The molecule has 4 atom stereocenters. The van der Waals surface area contributed by atoms with Gasteiger partial charge in [0.1, 0.15) is 18.1 Å². The molecule has 0 fully saturated rings. The standard InChI is InChI=1S/C21H41N5O5S/c1-12(2)16(23)19(28)24-14(9-11-32-5)18(27)26-17(13(3)4)20(29)25-15(21(30)31)8-6-7-10-22/h12-17H,6-11,22-23H2,1-5H3,(H,24,28)(H,25,29)(H,26,27)(H,30,31). The molecule has 0 saturated carbocycles. The summed E-state index contributed by atoms with van der Waals surface area (Å²) >= 11 is 1.53. The van der Waals surface area contributed by atoms with Crippen molar-refractivity contribution in [2.24, 2.45) is 23.3 Å². The van der Waals surface area contributed by atoms with Crippen molar-refractivity contribution in [3.05, 3.63) is 0 Å². The van der Waals surface area contributed by atoms with Gasteiger partial charge in [0.05, 0.1) is 6.04 Å². The lowest BCUT2D eigenvalue weighted by Gasteiger charge is -2.27. The van der Waals surface area contributed by atoms with Gasteiger partial charge < -0.3 is 32.5 Å². The number of nitrogens with two attached hydrogens (primary N) is 2. The first-order valence-electron chi connectivity index (χ1n) is 11.0. The summed E-state index contributed by atoms with van der Waals surface area (Å²) in [6.07, 6.45) is 3.71. The number of carboxylic acid groups (broad SMARTS) is 1. The van der Waals surface area contributed by atoms with Crippen LogP contribution in [0.2, 0.25) is 0 Å². The van der Waals surface area contributed by atoms with E-state index in [1.165, 1.54) is 11.8 Å². The molecule has 0 aromatic heterocycles. The Morgan fingerprint density at radius 3 is 1.91 bits per heavy atom. The molecule has 0 aromatic rings. The van der Waals surface area contributed by atoms with Crippen molar-refractivity contribution in [3.63, 3.8) is 0 Å². The average Bonchev–Trinajstić information content (AvgIpc) is 2.72. The Morgan fingerprint density at radius 1 is 0.844 bits per heavy atom. The fraction of sp³-hybridized carbons (Fsp3) is 0.810. The summed E-state index contributed by atoms with van der Waals surface area (Å²) in [7, 11) is 0. The van der Waals surface area contributed by atoms with Crippen LogP contribution in [0.3, 0.4) is 0 Å². The number of rotatable bonds is 16. The highest BCUT2D eigenvalue weighted by molar-refractivity contribution is 7.98. The predicted octanol–water partition coefficient (Wildman–Crippen LogP) is 0.0468. The highest BCUT2D eigenvalue weighted by Crippen LogP contribution is 2.09. The summed E-state index contributed by atoms with van der Waals surface area (Å²) in [5.74, 6) is -2.44. The number of carbonyl (C=O) groups excluding carboxylic acids is 3. The molecule has 0 aromatic carbocycles. The third-order valence-corrected chi connectivity index (χ3v) is 5.72. The number of carbonyl (C=O) groups is 4. The van der Waals surface area contributed by atoms with E-state index < -0.39 is 47.9 Å². The highest BCUT2D eigenvalue weighted by atomic mass is 32.2. The normalized spacial score (nSPS) is 15.0. The number of unbranched alkanes of at least 4 members (excludes halogenated alkanes) is 1. The van der Waals surface area contributed by atoms with E-state index in [2.05, 4.69) is 16.0 Å². The Labute approximate surface area is 195 Å². The first-order chi connectivity index (χ1) is 15.0. The van der Waals surface area contributed by atoms with E-state index in [0.29, 0.717) is 31.6 Å². The molecule has 0 aliphatic rings. The molecule has 0 bridgehead atoms. The summed E-state index contributed by atoms with van der Waals surface area (Å²) < 4.78 is 0. The van der Waals surface area contributed by atoms with Gasteiger partial charge >= 0.3 is 5.97 Å². The van der Waals surface area contributed by atoms with E-state index in [4.69, 9.17) is 11.5 Å². The summed E-state index contributed by atoms with van der Waals surface area (Å²) in [5, 5.41) is 17.3. The van der Waals surface area contributed by atoms with Gasteiger partial charge in [-0.2, -0.15) is 11.8 Å². The molecule has 186 valence electrons. The molecule has 0 aliphatic heterocycles. The van der Waals surface area contributed by atoms with Gasteiger partial charge in [-0.25, -0.2) is 4.79 Å². The van der Waals surface area contributed by atoms with Gasteiger partial charge in [0.15, 0.2) is 0 Å². The number of aliphatic carboxylic acids is 1. The molecule has 0 rings (SSSR count). The van der Waals surface area contributed by atoms with Gasteiger partial charge in [-0.15, -0.1) is 0 Å². The molecule has 0 spiro atoms. The van der Waals surface area contributed by atoms with Gasteiger partial charge in [0.25, 0.3) is 0 Å². The highest BCUT2D eigenvalue weighted by Gasteiger charge is 2.31. The lowest BCUT2D eigenvalue weighted by atomic mass is 10.0. The molecular weight excluding hydrogens is 434 g/mol. The zero-order chi connectivity index (χ0) is 24.8. The molecule has 0 heterocycles. The second kappa shape index (κ2) is 15.9. The van der Waals surface area contributed by atoms with Crippen molar-refractivity contribution in [2.45, 2.75) is 77.5 Å². The van der Waals surface area contributed by atoms with Crippen LogP contribution in [-0.2, 0) is 19.2 Å². The van der Waals surface area contributed by atoms with Crippen molar-refractivity contribution in [1.82, 2.24) is 16.0 Å². The Bertz CT molecular complexity index is 617. The maximum atomic E-state index is 12.9. The van der Waals surface area contributed by atoms with E-state index in [9.17, 15) is 24.3 Å². The van der Waals surface area contributed by atoms with Crippen LogP contribution in [0, 0.1) is 11.8 Å². The van der Waals surface area contributed by atoms with Crippen molar-refractivity contribution >= 4 is 35.5 Å². The topological polar surface area (TPSA) is 177 Å². The second-order valence-electron chi connectivity index (χ2n) is 8.53. The van der Waals surface area contributed by atoms with E-state index in [0.717, 1.165) is 0 Å². The van der Waals surface area contributed by atoms with Gasteiger partial charge in [-0.1, -0.05) is 27.7 Å². The van der Waals surface area contributed by atoms with Crippen LogP contribution < -0.4 is 27.4 Å². The minimum atomic E-state index is -1.14. The predicted molar refractivity (Wildman–Crippen MR) is 127 cm³/mol. The summed E-state index contributed by atoms with van der Waals surface area (Å²) in [4.78, 5) is 49.6. The lowest BCUT2D eigenvalue weighted by molar-refractivity contribution is -0.142. The number of carboxylic acids is 1. The quantitative estimate of drug-likeness (QED) is 0.170. The van der Waals surface area contributed by atoms with Gasteiger partial charge in [-0.05, 0) is 56.1 Å². The van der Waals surface area contributed by atoms with Crippen LogP contribution in [-0.4, -0.2) is 71.5 Å². The van der Waals surface area contributed by atoms with Crippen LogP contribution in [0.1, 0.15) is 53.4 Å². The molecule has 0 saturated heterocycles. The summed E-state index contributed by atoms with van der Waals surface area (Å²) in [5.41, 5.74) is 11.3. The SMILES string of the molecule is CSCCC(NC(=O)C(N)C(C)C)C(=O)NC(C(=O)NC(CCCCN)C(=O)O)C(C)C. The fourth-order valence-electron chi connectivity index (χ4n) is 2.88. The summed E-state index contributed by atoms with van der Waals surface area (Å²) in [6, 6.07) is -3.63. The monoisotopic (exact) mass is 475 g/mol. The molecule has 8 N–H and O–H groups in total. The molecule has 10 nitrogen and oxygen atoms in total. The third-order valence-electron chi connectivity index (χ3n) is 5.07. The zero-order valence-electron chi connectivity index (χ0n) is 19.8. The van der Waals surface area contributed by atoms with Crippen LogP contribution in [0.15, 0.2) is 0 Å². The number of thioether (sulfide) groups is 1. The van der Waals surface area contributed by atoms with Crippen LogP contribution in [0.4, 0.5) is 0 Å². The lowest BCUT2D eigenvalue weighted by Crippen LogP contribution is -2.58. The zero-order valence-corrected chi connectivity index (χ0v) is 20.7. The number of hydrogen-bond donors (Lipinski definition) is 6. The maximum absolute atomic E-state index is 12.9. The molecular formula is C21H41N5O5S. The third kappa shape index (κ3) is 11.1. The van der Waals surface area contributed by atoms with Crippen LogP contribution in [0.25, 0.3) is 0 Å². The summed E-state index contributed by atoms with van der Waals surface area (Å²) in [6.45, 7) is 7.56. The number of nitrogens with one attached hydrogen (secondary N) is 3. The van der Waals surface area contributed by atoms with Crippen LogP contribution in [0.5, 0.6) is 0 Å². The Hall–Kier alpha value is -1.85. The number of amides is 3. The van der Waals surface area contributed by atoms with E-state index in [1.54, 1.807) is 13.8 Å². The average molecular weight is 476 g/mol. The fourth-order valence-corrected chi connectivity index (χ4v) is 3.35. The van der Waals surface area contributed by atoms with Gasteiger partial charge in [-0.3, -0.25) is 14.4 Å². The first-order valence-corrected chi connectivity index (χ1v) is 12.4. The maximum Gasteiger partial charge on any atom is 0.326 e.